The summed E-state index contributed by atoms with van der Waals surface area (Å²) in [5.41, 5.74) is 1.24. The van der Waals surface area contributed by atoms with E-state index in [9.17, 15) is 0 Å². The van der Waals surface area contributed by atoms with E-state index < -0.39 is 0 Å². The Morgan fingerprint density at radius 1 is 0.952 bits per heavy atom. The first-order chi connectivity index (χ1) is 10.0. The molecule has 3 rings (SSSR count). The highest BCUT2D eigenvalue weighted by Gasteiger charge is 2.41. The van der Waals surface area contributed by atoms with Gasteiger partial charge in [0.15, 0.2) is 0 Å². The fourth-order valence-corrected chi connectivity index (χ4v) is 5.77. The van der Waals surface area contributed by atoms with Gasteiger partial charge in [-0.15, -0.1) is 0 Å². The lowest BCUT2D eigenvalue weighted by atomic mass is 9.67. The summed E-state index contributed by atoms with van der Waals surface area (Å²) in [7, 11) is 2.18. The third-order valence-electron chi connectivity index (χ3n) is 7.09. The Morgan fingerprint density at radius 3 is 2.24 bits per heavy atom. The van der Waals surface area contributed by atoms with Crippen molar-refractivity contribution in [2.75, 3.05) is 26.7 Å². The zero-order valence-corrected chi connectivity index (χ0v) is 14.6. The summed E-state index contributed by atoms with van der Waals surface area (Å²) < 4.78 is 0. The van der Waals surface area contributed by atoms with E-state index in [1.54, 1.807) is 0 Å². The van der Waals surface area contributed by atoms with E-state index in [1.807, 2.05) is 0 Å². The molecule has 1 spiro atoms. The third-order valence-corrected chi connectivity index (χ3v) is 7.09. The molecule has 1 saturated heterocycles. The van der Waals surface area contributed by atoms with Crippen LogP contribution in [0.15, 0.2) is 0 Å². The van der Waals surface area contributed by atoms with Gasteiger partial charge < -0.3 is 10.2 Å². The van der Waals surface area contributed by atoms with Crippen LogP contribution >= 0.6 is 0 Å². The molecule has 2 aliphatic carbocycles. The molecule has 2 saturated carbocycles. The number of nitrogens with zero attached hydrogens (tertiary/aromatic N) is 1. The Labute approximate surface area is 132 Å². The number of piperidine rings is 1. The Morgan fingerprint density at radius 2 is 1.62 bits per heavy atom. The van der Waals surface area contributed by atoms with Gasteiger partial charge in [-0.2, -0.15) is 0 Å². The van der Waals surface area contributed by atoms with Crippen LogP contribution in [0, 0.1) is 16.7 Å². The van der Waals surface area contributed by atoms with E-state index in [-0.39, 0.29) is 0 Å². The molecule has 2 nitrogen and oxygen atoms in total. The minimum absolute atomic E-state index is 0.472. The molecular weight excluding hydrogens is 256 g/mol. The standard InChI is InChI=1S/C19H36N2/c1-18(2)8-6-7-16(17(18)20-3)15-21-13-11-19(12-14-21)9-4-5-10-19/h16-17,20H,4-15H2,1-3H3. The lowest BCUT2D eigenvalue weighted by molar-refractivity contribution is 0.0513. The predicted octanol–water partition coefficient (Wildman–Crippen LogP) is 4.06. The van der Waals surface area contributed by atoms with Gasteiger partial charge in [0.05, 0.1) is 0 Å². The Balaban J connectivity index is 1.54. The lowest BCUT2D eigenvalue weighted by Gasteiger charge is -2.47. The van der Waals surface area contributed by atoms with Gasteiger partial charge in [-0.05, 0) is 75.4 Å². The summed E-state index contributed by atoms with van der Waals surface area (Å²) in [4.78, 5) is 2.79. The van der Waals surface area contributed by atoms with Gasteiger partial charge in [-0.3, -0.25) is 0 Å². The summed E-state index contributed by atoms with van der Waals surface area (Å²) >= 11 is 0. The monoisotopic (exact) mass is 292 g/mol. The van der Waals surface area contributed by atoms with Gasteiger partial charge in [-0.1, -0.05) is 33.1 Å². The fourth-order valence-electron chi connectivity index (χ4n) is 5.77. The van der Waals surface area contributed by atoms with Crippen molar-refractivity contribution in [3.63, 3.8) is 0 Å². The molecule has 3 aliphatic rings. The van der Waals surface area contributed by atoms with Crippen LogP contribution in [0.1, 0.15) is 71.6 Å². The Bertz CT molecular complexity index is 333. The van der Waals surface area contributed by atoms with E-state index in [4.69, 9.17) is 0 Å². The molecule has 3 fully saturated rings. The van der Waals surface area contributed by atoms with Crippen LogP contribution in [0.25, 0.3) is 0 Å². The molecule has 2 heteroatoms. The van der Waals surface area contributed by atoms with Gasteiger partial charge in [0.25, 0.3) is 0 Å². The third kappa shape index (κ3) is 3.32. The van der Waals surface area contributed by atoms with Gasteiger partial charge in [0.2, 0.25) is 0 Å². The molecule has 0 aromatic heterocycles. The average Bonchev–Trinajstić information content (AvgIpc) is 2.89. The molecule has 1 heterocycles. The normalized spacial score (nSPS) is 36.1. The summed E-state index contributed by atoms with van der Waals surface area (Å²) in [6, 6.07) is 0.702. The van der Waals surface area contributed by atoms with Crippen molar-refractivity contribution in [2.45, 2.75) is 77.7 Å². The first-order valence-electron chi connectivity index (χ1n) is 9.44. The largest absolute Gasteiger partial charge is 0.316 e. The van der Waals surface area contributed by atoms with Gasteiger partial charge in [-0.25, -0.2) is 0 Å². The van der Waals surface area contributed by atoms with Crippen LogP contribution in [-0.4, -0.2) is 37.6 Å². The highest BCUT2D eigenvalue weighted by atomic mass is 15.1. The molecule has 0 amide bonds. The summed E-state index contributed by atoms with van der Waals surface area (Å²) in [6.45, 7) is 9.00. The highest BCUT2D eigenvalue weighted by Crippen LogP contribution is 2.46. The van der Waals surface area contributed by atoms with Crippen LogP contribution < -0.4 is 5.32 Å². The average molecular weight is 293 g/mol. The molecule has 122 valence electrons. The van der Waals surface area contributed by atoms with Gasteiger partial charge in [0.1, 0.15) is 0 Å². The smallest absolute Gasteiger partial charge is 0.0156 e. The van der Waals surface area contributed by atoms with Crippen molar-refractivity contribution < 1.29 is 0 Å². The molecule has 1 aliphatic heterocycles. The topological polar surface area (TPSA) is 15.3 Å². The summed E-state index contributed by atoms with van der Waals surface area (Å²) in [5, 5.41) is 3.66. The van der Waals surface area contributed by atoms with Crippen molar-refractivity contribution in [1.82, 2.24) is 10.2 Å². The Kier molecular flexibility index (Phi) is 4.66. The summed E-state index contributed by atoms with van der Waals surface area (Å²) in [5.74, 6) is 0.858. The van der Waals surface area contributed by atoms with Gasteiger partial charge in [0, 0.05) is 12.6 Å². The SMILES string of the molecule is CNC1C(CN2CCC3(CCCC3)CC2)CCCC1(C)C. The number of hydrogen-bond acceptors (Lipinski definition) is 2. The zero-order valence-electron chi connectivity index (χ0n) is 14.6. The van der Waals surface area contributed by atoms with Crippen LogP contribution in [0.4, 0.5) is 0 Å². The van der Waals surface area contributed by atoms with E-state index in [0.29, 0.717) is 11.5 Å². The molecule has 2 unspecified atom stereocenters. The molecule has 1 N–H and O–H groups in total. The zero-order chi connectivity index (χ0) is 14.9. The maximum atomic E-state index is 3.66. The maximum absolute atomic E-state index is 3.66. The van der Waals surface area contributed by atoms with E-state index in [2.05, 4.69) is 31.1 Å². The van der Waals surface area contributed by atoms with Crippen LogP contribution in [0.5, 0.6) is 0 Å². The summed E-state index contributed by atoms with van der Waals surface area (Å²) in [6.07, 6.45) is 13.2. The molecule has 0 bridgehead atoms. The van der Waals surface area contributed by atoms with Crippen molar-refractivity contribution in [1.29, 1.82) is 0 Å². The van der Waals surface area contributed by atoms with E-state index >= 15 is 0 Å². The molecule has 0 aromatic rings. The first-order valence-corrected chi connectivity index (χ1v) is 9.44. The van der Waals surface area contributed by atoms with E-state index in [1.165, 1.54) is 77.4 Å². The predicted molar refractivity (Wildman–Crippen MR) is 90.5 cm³/mol. The second-order valence-corrected chi connectivity index (χ2v) is 8.91. The maximum Gasteiger partial charge on any atom is 0.0156 e. The van der Waals surface area contributed by atoms with Crippen molar-refractivity contribution in [3.05, 3.63) is 0 Å². The molecule has 21 heavy (non-hydrogen) atoms. The van der Waals surface area contributed by atoms with Crippen molar-refractivity contribution in [2.24, 2.45) is 16.7 Å². The van der Waals surface area contributed by atoms with Crippen LogP contribution in [0.3, 0.4) is 0 Å². The minimum atomic E-state index is 0.472. The first kappa shape index (κ1) is 15.8. The fraction of sp³-hybridized carbons (Fsp3) is 1.00. The van der Waals surface area contributed by atoms with Crippen LogP contribution in [-0.2, 0) is 0 Å². The molecule has 2 atom stereocenters. The second kappa shape index (κ2) is 6.20. The quantitative estimate of drug-likeness (QED) is 0.844. The minimum Gasteiger partial charge on any atom is -0.316 e. The number of nitrogens with one attached hydrogen (secondary N) is 1. The number of likely N-dealkylation sites (tertiary alicyclic amines) is 1. The van der Waals surface area contributed by atoms with E-state index in [0.717, 1.165) is 11.3 Å². The molecular formula is C19H36N2. The lowest BCUT2D eigenvalue weighted by Crippen LogP contribution is -2.52. The van der Waals surface area contributed by atoms with Gasteiger partial charge >= 0.3 is 0 Å². The van der Waals surface area contributed by atoms with Crippen molar-refractivity contribution >= 4 is 0 Å². The molecule has 0 radical (unpaired) electrons. The molecule has 0 aromatic carbocycles. The Hall–Kier alpha value is -0.0800. The highest BCUT2D eigenvalue weighted by molar-refractivity contribution is 4.95. The number of hydrogen-bond donors (Lipinski definition) is 1. The van der Waals surface area contributed by atoms with Crippen LogP contribution in [0.2, 0.25) is 0 Å². The number of rotatable bonds is 3. The van der Waals surface area contributed by atoms with Crippen molar-refractivity contribution in [3.8, 4) is 0 Å². The second-order valence-electron chi connectivity index (χ2n) is 8.91.